The number of aryl methyl sites for hydroxylation is 1. The molecule has 0 atom stereocenters. The first-order valence-electron chi connectivity index (χ1n) is 4.76. The number of carbonyl (C=O) groups excluding carboxylic acids is 1. The van der Waals surface area contributed by atoms with Gasteiger partial charge in [0.2, 0.25) is 0 Å². The van der Waals surface area contributed by atoms with Crippen molar-refractivity contribution in [3.63, 3.8) is 0 Å². The number of Topliss-reactive ketones (excluding diaryl/α,β-unsaturated/α-hetero) is 1. The molecule has 0 aromatic carbocycles. The van der Waals surface area contributed by atoms with Crippen LogP contribution in [0.2, 0.25) is 0 Å². The molecule has 1 heterocycles. The van der Waals surface area contributed by atoms with Gasteiger partial charge in [-0.15, -0.1) is 11.3 Å². The van der Waals surface area contributed by atoms with E-state index in [1.165, 1.54) is 11.3 Å². The van der Waals surface area contributed by atoms with Gasteiger partial charge in [0.25, 0.3) is 0 Å². The Balaban J connectivity index is 2.90. The number of ketones is 1. The molecule has 0 amide bonds. The number of carbonyl (C=O) groups is 1. The van der Waals surface area contributed by atoms with Crippen LogP contribution in [-0.4, -0.2) is 17.3 Å². The third kappa shape index (κ3) is 2.39. The van der Waals surface area contributed by atoms with Crippen LogP contribution in [0.4, 0.5) is 0 Å². The number of aromatic nitrogens is 1. The van der Waals surface area contributed by atoms with Crippen LogP contribution in [0, 0.1) is 12.8 Å². The van der Waals surface area contributed by atoms with Crippen LogP contribution in [-0.2, 0) is 6.42 Å². The van der Waals surface area contributed by atoms with Crippen molar-refractivity contribution in [3.05, 3.63) is 15.6 Å². The lowest BCUT2D eigenvalue weighted by Gasteiger charge is -1.97. The van der Waals surface area contributed by atoms with Crippen molar-refractivity contribution in [3.8, 4) is 0 Å². The topological polar surface area (TPSA) is 56.0 Å². The van der Waals surface area contributed by atoms with Crippen molar-refractivity contribution in [2.45, 2.75) is 27.2 Å². The van der Waals surface area contributed by atoms with Crippen molar-refractivity contribution in [2.24, 2.45) is 11.7 Å². The van der Waals surface area contributed by atoms with Gasteiger partial charge >= 0.3 is 0 Å². The number of nitrogens with two attached hydrogens (primary N) is 1. The zero-order valence-corrected chi connectivity index (χ0v) is 9.65. The Morgan fingerprint density at radius 2 is 2.21 bits per heavy atom. The fourth-order valence-corrected chi connectivity index (χ4v) is 2.31. The second kappa shape index (κ2) is 4.66. The molecule has 0 saturated carbocycles. The van der Waals surface area contributed by atoms with E-state index in [1.54, 1.807) is 0 Å². The first kappa shape index (κ1) is 11.3. The normalized spacial score (nSPS) is 10.9. The van der Waals surface area contributed by atoms with Gasteiger partial charge in [-0.2, -0.15) is 0 Å². The summed E-state index contributed by atoms with van der Waals surface area (Å²) in [6.45, 7) is 6.32. The molecule has 2 N–H and O–H groups in total. The summed E-state index contributed by atoms with van der Waals surface area (Å²) < 4.78 is 0. The van der Waals surface area contributed by atoms with Crippen LogP contribution < -0.4 is 5.73 Å². The maximum Gasteiger partial charge on any atom is 0.193 e. The molecule has 1 rings (SSSR count). The number of thiazole rings is 1. The highest BCUT2D eigenvalue weighted by molar-refractivity contribution is 7.13. The van der Waals surface area contributed by atoms with E-state index in [0.29, 0.717) is 11.6 Å². The average molecular weight is 212 g/mol. The van der Waals surface area contributed by atoms with E-state index in [0.717, 1.165) is 17.0 Å². The van der Waals surface area contributed by atoms with Gasteiger partial charge in [-0.1, -0.05) is 13.8 Å². The summed E-state index contributed by atoms with van der Waals surface area (Å²) in [6.07, 6.45) is 0.814. The lowest BCUT2D eigenvalue weighted by atomic mass is 10.1. The predicted molar refractivity (Wildman–Crippen MR) is 58.8 cm³/mol. The van der Waals surface area contributed by atoms with Gasteiger partial charge in [-0.3, -0.25) is 4.79 Å². The molecule has 0 fully saturated rings. The molecule has 1 aromatic heterocycles. The van der Waals surface area contributed by atoms with Gasteiger partial charge in [-0.25, -0.2) is 4.98 Å². The Labute approximate surface area is 88.3 Å². The molecule has 0 aliphatic rings. The Morgan fingerprint density at radius 1 is 1.57 bits per heavy atom. The molecular weight excluding hydrogens is 196 g/mol. The van der Waals surface area contributed by atoms with Crippen molar-refractivity contribution in [1.82, 2.24) is 4.98 Å². The molecule has 14 heavy (non-hydrogen) atoms. The molecule has 3 nitrogen and oxygen atoms in total. The van der Waals surface area contributed by atoms with Crippen molar-refractivity contribution in [2.75, 3.05) is 6.54 Å². The van der Waals surface area contributed by atoms with Crippen molar-refractivity contribution >= 4 is 17.1 Å². The van der Waals surface area contributed by atoms with Crippen LogP contribution in [0.1, 0.15) is 34.2 Å². The number of hydrogen-bond acceptors (Lipinski definition) is 4. The SMILES string of the molecule is Cc1nc(C(=O)C(C)C)sc1CCN. The van der Waals surface area contributed by atoms with E-state index in [9.17, 15) is 4.79 Å². The zero-order valence-electron chi connectivity index (χ0n) is 8.83. The summed E-state index contributed by atoms with van der Waals surface area (Å²) in [4.78, 5) is 17.0. The molecule has 0 aliphatic carbocycles. The van der Waals surface area contributed by atoms with E-state index in [2.05, 4.69) is 4.98 Å². The molecule has 4 heteroatoms. The Bertz CT molecular complexity index is 331. The second-order valence-electron chi connectivity index (χ2n) is 3.59. The minimum absolute atomic E-state index is 0.0197. The number of nitrogens with zero attached hydrogens (tertiary/aromatic N) is 1. The fourth-order valence-electron chi connectivity index (χ4n) is 1.14. The molecule has 0 radical (unpaired) electrons. The largest absolute Gasteiger partial charge is 0.330 e. The van der Waals surface area contributed by atoms with Crippen molar-refractivity contribution < 1.29 is 4.79 Å². The van der Waals surface area contributed by atoms with Crippen molar-refractivity contribution in [1.29, 1.82) is 0 Å². The minimum Gasteiger partial charge on any atom is -0.330 e. The molecule has 0 unspecified atom stereocenters. The van der Waals surface area contributed by atoms with Gasteiger partial charge in [0.05, 0.1) is 5.69 Å². The molecule has 0 spiro atoms. The monoisotopic (exact) mass is 212 g/mol. The average Bonchev–Trinajstić information content (AvgIpc) is 2.47. The highest BCUT2D eigenvalue weighted by Gasteiger charge is 2.16. The van der Waals surface area contributed by atoms with Crippen LogP contribution in [0.15, 0.2) is 0 Å². The smallest absolute Gasteiger partial charge is 0.193 e. The third-order valence-corrected chi connectivity index (χ3v) is 3.23. The van der Waals surface area contributed by atoms with Gasteiger partial charge in [0, 0.05) is 10.8 Å². The standard InChI is InChI=1S/C10H16N2OS/c1-6(2)9(13)10-12-7(3)8(14-10)4-5-11/h6H,4-5,11H2,1-3H3. The summed E-state index contributed by atoms with van der Waals surface area (Å²) in [6, 6.07) is 0. The molecule has 78 valence electrons. The molecular formula is C10H16N2OS. The van der Waals surface area contributed by atoms with Crippen LogP contribution in [0.5, 0.6) is 0 Å². The fraction of sp³-hybridized carbons (Fsp3) is 0.600. The van der Waals surface area contributed by atoms with E-state index in [4.69, 9.17) is 5.73 Å². The van der Waals surface area contributed by atoms with E-state index >= 15 is 0 Å². The van der Waals surface area contributed by atoms with Gasteiger partial charge < -0.3 is 5.73 Å². The Morgan fingerprint density at radius 3 is 2.71 bits per heavy atom. The van der Waals surface area contributed by atoms with Gasteiger partial charge in [0.1, 0.15) is 0 Å². The van der Waals surface area contributed by atoms with Crippen LogP contribution >= 0.6 is 11.3 Å². The van der Waals surface area contributed by atoms with Gasteiger partial charge in [-0.05, 0) is 19.9 Å². The molecule has 0 saturated heterocycles. The summed E-state index contributed by atoms with van der Waals surface area (Å²) in [5.41, 5.74) is 6.42. The Hall–Kier alpha value is -0.740. The minimum atomic E-state index is 0.0197. The molecule has 0 bridgehead atoms. The first-order chi connectivity index (χ1) is 6.56. The summed E-state index contributed by atoms with van der Waals surface area (Å²) >= 11 is 1.48. The lowest BCUT2D eigenvalue weighted by Crippen LogP contribution is -2.06. The Kier molecular flexibility index (Phi) is 3.77. The summed E-state index contributed by atoms with van der Waals surface area (Å²) in [5.74, 6) is 0.146. The predicted octanol–water partition coefficient (Wildman–Crippen LogP) is 1.79. The first-order valence-corrected chi connectivity index (χ1v) is 5.58. The maximum atomic E-state index is 11.6. The van der Waals surface area contributed by atoms with E-state index in [-0.39, 0.29) is 11.7 Å². The second-order valence-corrected chi connectivity index (χ2v) is 4.67. The third-order valence-electron chi connectivity index (χ3n) is 2.00. The summed E-state index contributed by atoms with van der Waals surface area (Å²) in [7, 11) is 0. The van der Waals surface area contributed by atoms with E-state index < -0.39 is 0 Å². The summed E-state index contributed by atoms with van der Waals surface area (Å²) in [5, 5.41) is 0.626. The van der Waals surface area contributed by atoms with E-state index in [1.807, 2.05) is 20.8 Å². The highest BCUT2D eigenvalue weighted by atomic mass is 32.1. The molecule has 1 aromatic rings. The van der Waals surface area contributed by atoms with Crippen LogP contribution in [0.25, 0.3) is 0 Å². The maximum absolute atomic E-state index is 11.6. The van der Waals surface area contributed by atoms with Gasteiger partial charge in [0.15, 0.2) is 10.8 Å². The number of rotatable bonds is 4. The zero-order chi connectivity index (χ0) is 10.7. The quantitative estimate of drug-likeness (QED) is 0.774. The number of hydrogen-bond donors (Lipinski definition) is 1. The lowest BCUT2D eigenvalue weighted by molar-refractivity contribution is 0.0939. The highest BCUT2D eigenvalue weighted by Crippen LogP contribution is 2.20. The van der Waals surface area contributed by atoms with Crippen LogP contribution in [0.3, 0.4) is 0 Å². The molecule has 0 aliphatic heterocycles.